The number of carbonyl (C=O) groups is 1. The quantitative estimate of drug-likeness (QED) is 0.822. The maximum Gasteiger partial charge on any atom is 0.270 e. The predicted molar refractivity (Wildman–Crippen MR) is 90.4 cm³/mol. The molecular formula is C16H21N5OS. The van der Waals surface area contributed by atoms with Crippen LogP contribution in [0.25, 0.3) is 10.7 Å². The summed E-state index contributed by atoms with van der Waals surface area (Å²) >= 11 is 1.41. The number of piperidine rings is 1. The van der Waals surface area contributed by atoms with E-state index in [-0.39, 0.29) is 5.91 Å². The summed E-state index contributed by atoms with van der Waals surface area (Å²) in [5.74, 6) is -0.116. The van der Waals surface area contributed by atoms with Crippen LogP contribution >= 0.6 is 11.3 Å². The van der Waals surface area contributed by atoms with Gasteiger partial charge in [0.15, 0.2) is 0 Å². The molecule has 1 fully saturated rings. The largest absolute Gasteiger partial charge is 0.351 e. The number of aromatic nitrogens is 3. The van der Waals surface area contributed by atoms with Gasteiger partial charge in [-0.3, -0.25) is 14.8 Å². The Kier molecular flexibility index (Phi) is 5.65. The molecule has 0 unspecified atom stereocenters. The summed E-state index contributed by atoms with van der Waals surface area (Å²) in [6.45, 7) is 4.14. The minimum atomic E-state index is -0.116. The van der Waals surface area contributed by atoms with E-state index in [2.05, 4.69) is 25.2 Å². The van der Waals surface area contributed by atoms with Gasteiger partial charge in [0, 0.05) is 24.3 Å². The monoisotopic (exact) mass is 331 g/mol. The molecule has 0 atom stereocenters. The van der Waals surface area contributed by atoms with Gasteiger partial charge in [0.05, 0.1) is 6.20 Å². The maximum atomic E-state index is 12.1. The molecule has 0 radical (unpaired) electrons. The van der Waals surface area contributed by atoms with Crippen LogP contribution in [-0.2, 0) is 0 Å². The van der Waals surface area contributed by atoms with E-state index in [0.717, 1.165) is 18.0 Å². The van der Waals surface area contributed by atoms with Gasteiger partial charge in [-0.25, -0.2) is 4.98 Å². The Hall–Kier alpha value is -1.86. The Balaban J connectivity index is 1.44. The highest BCUT2D eigenvalue weighted by Gasteiger charge is 2.13. The number of hydrogen-bond acceptors (Lipinski definition) is 6. The molecule has 2 aromatic rings. The van der Waals surface area contributed by atoms with E-state index in [1.807, 2.05) is 0 Å². The van der Waals surface area contributed by atoms with Crippen LogP contribution in [0.5, 0.6) is 0 Å². The lowest BCUT2D eigenvalue weighted by Crippen LogP contribution is -2.33. The Morgan fingerprint density at radius 1 is 1.26 bits per heavy atom. The third-order valence-electron chi connectivity index (χ3n) is 3.90. The summed E-state index contributed by atoms with van der Waals surface area (Å²) in [6, 6.07) is 0. The average molecular weight is 331 g/mol. The zero-order valence-corrected chi connectivity index (χ0v) is 13.9. The normalized spacial score (nSPS) is 15.5. The van der Waals surface area contributed by atoms with Crippen molar-refractivity contribution in [2.24, 2.45) is 0 Å². The highest BCUT2D eigenvalue weighted by molar-refractivity contribution is 7.13. The molecule has 0 bridgehead atoms. The first kappa shape index (κ1) is 16.0. The van der Waals surface area contributed by atoms with Crippen LogP contribution in [0.4, 0.5) is 0 Å². The van der Waals surface area contributed by atoms with E-state index in [4.69, 9.17) is 0 Å². The Morgan fingerprint density at radius 3 is 2.91 bits per heavy atom. The van der Waals surface area contributed by atoms with Gasteiger partial charge in [-0.15, -0.1) is 11.3 Å². The number of likely N-dealkylation sites (tertiary alicyclic amines) is 1. The second-order valence-corrected chi connectivity index (χ2v) is 6.50. The number of hydrogen-bond donors (Lipinski definition) is 1. The molecule has 0 saturated carbocycles. The van der Waals surface area contributed by atoms with Crippen molar-refractivity contribution in [1.29, 1.82) is 0 Å². The molecule has 1 aliphatic heterocycles. The molecule has 2 aromatic heterocycles. The van der Waals surface area contributed by atoms with Gasteiger partial charge in [-0.1, -0.05) is 6.42 Å². The molecular weight excluding hydrogens is 310 g/mol. The van der Waals surface area contributed by atoms with Gasteiger partial charge in [-0.05, 0) is 38.9 Å². The fourth-order valence-electron chi connectivity index (χ4n) is 2.68. The summed E-state index contributed by atoms with van der Waals surface area (Å²) in [4.78, 5) is 27.2. The molecule has 1 amide bonds. The summed E-state index contributed by atoms with van der Waals surface area (Å²) < 4.78 is 0. The van der Waals surface area contributed by atoms with Gasteiger partial charge < -0.3 is 10.2 Å². The van der Waals surface area contributed by atoms with E-state index in [1.54, 1.807) is 24.0 Å². The first-order chi connectivity index (χ1) is 11.3. The van der Waals surface area contributed by atoms with Crippen LogP contribution in [0.2, 0.25) is 0 Å². The predicted octanol–water partition coefficient (Wildman–Crippen LogP) is 2.21. The highest BCUT2D eigenvalue weighted by atomic mass is 32.1. The van der Waals surface area contributed by atoms with Crippen LogP contribution in [0.1, 0.15) is 36.2 Å². The molecule has 0 aliphatic carbocycles. The third kappa shape index (κ3) is 4.56. The fourth-order valence-corrected chi connectivity index (χ4v) is 3.44. The maximum absolute atomic E-state index is 12.1. The number of nitrogens with one attached hydrogen (secondary N) is 1. The number of rotatable bonds is 6. The second kappa shape index (κ2) is 8.12. The molecule has 1 aliphatic rings. The Morgan fingerprint density at radius 2 is 2.13 bits per heavy atom. The van der Waals surface area contributed by atoms with E-state index in [0.29, 0.717) is 17.9 Å². The first-order valence-corrected chi connectivity index (χ1v) is 8.93. The van der Waals surface area contributed by atoms with Crippen molar-refractivity contribution in [2.75, 3.05) is 26.2 Å². The molecule has 3 rings (SSSR count). The van der Waals surface area contributed by atoms with Crippen LogP contribution in [0.3, 0.4) is 0 Å². The molecule has 1 N–H and O–H groups in total. The van der Waals surface area contributed by atoms with Crippen molar-refractivity contribution >= 4 is 17.2 Å². The summed E-state index contributed by atoms with van der Waals surface area (Å²) in [7, 11) is 0. The third-order valence-corrected chi connectivity index (χ3v) is 4.77. The van der Waals surface area contributed by atoms with Crippen molar-refractivity contribution < 1.29 is 4.79 Å². The minimum absolute atomic E-state index is 0.116. The molecule has 23 heavy (non-hydrogen) atoms. The molecule has 0 spiro atoms. The zero-order valence-electron chi connectivity index (χ0n) is 13.1. The summed E-state index contributed by atoms with van der Waals surface area (Å²) in [5.41, 5.74) is 1.15. The van der Waals surface area contributed by atoms with Crippen molar-refractivity contribution in [1.82, 2.24) is 25.2 Å². The number of nitrogens with zero attached hydrogens (tertiary/aromatic N) is 4. The first-order valence-electron chi connectivity index (χ1n) is 8.05. The van der Waals surface area contributed by atoms with Crippen LogP contribution in [0, 0.1) is 0 Å². The SMILES string of the molecule is O=C(NCCCN1CCCCC1)c1csc(-c2cnccn2)n1. The molecule has 1 saturated heterocycles. The van der Waals surface area contributed by atoms with Gasteiger partial charge >= 0.3 is 0 Å². The summed E-state index contributed by atoms with van der Waals surface area (Å²) in [5, 5.41) is 5.43. The van der Waals surface area contributed by atoms with Crippen molar-refractivity contribution in [3.05, 3.63) is 29.7 Å². The topological polar surface area (TPSA) is 71.0 Å². The lowest BCUT2D eigenvalue weighted by Gasteiger charge is -2.26. The van der Waals surface area contributed by atoms with Crippen molar-refractivity contribution in [3.8, 4) is 10.7 Å². The molecule has 6 nitrogen and oxygen atoms in total. The minimum Gasteiger partial charge on any atom is -0.351 e. The van der Waals surface area contributed by atoms with Crippen molar-refractivity contribution in [3.63, 3.8) is 0 Å². The molecule has 7 heteroatoms. The van der Waals surface area contributed by atoms with E-state index < -0.39 is 0 Å². The molecule has 3 heterocycles. The van der Waals surface area contributed by atoms with Crippen molar-refractivity contribution in [2.45, 2.75) is 25.7 Å². The lowest BCUT2D eigenvalue weighted by molar-refractivity contribution is 0.0947. The number of amides is 1. The van der Waals surface area contributed by atoms with Gasteiger partial charge in [0.25, 0.3) is 5.91 Å². The number of carbonyl (C=O) groups excluding carboxylic acids is 1. The van der Waals surface area contributed by atoms with Crippen LogP contribution in [0.15, 0.2) is 24.0 Å². The lowest BCUT2D eigenvalue weighted by atomic mass is 10.1. The second-order valence-electron chi connectivity index (χ2n) is 5.64. The Labute approximate surface area is 140 Å². The molecule has 0 aromatic carbocycles. The average Bonchev–Trinajstić information content (AvgIpc) is 3.10. The standard InChI is InChI=1S/C16H21N5OS/c22-15(19-5-4-10-21-8-2-1-3-9-21)14-12-23-16(20-14)13-11-17-6-7-18-13/h6-7,11-12H,1-5,8-10H2,(H,19,22). The van der Waals surface area contributed by atoms with E-state index in [1.165, 1.54) is 43.7 Å². The smallest absolute Gasteiger partial charge is 0.270 e. The summed E-state index contributed by atoms with van der Waals surface area (Å²) in [6.07, 6.45) is 9.83. The van der Waals surface area contributed by atoms with Gasteiger partial charge in [0.1, 0.15) is 16.4 Å². The van der Waals surface area contributed by atoms with Crippen LogP contribution in [-0.4, -0.2) is 51.9 Å². The molecule has 122 valence electrons. The van der Waals surface area contributed by atoms with Gasteiger partial charge in [0.2, 0.25) is 0 Å². The van der Waals surface area contributed by atoms with Gasteiger partial charge in [-0.2, -0.15) is 0 Å². The van der Waals surface area contributed by atoms with Crippen LogP contribution < -0.4 is 5.32 Å². The highest BCUT2D eigenvalue weighted by Crippen LogP contribution is 2.20. The van der Waals surface area contributed by atoms with E-state index in [9.17, 15) is 4.79 Å². The fraction of sp³-hybridized carbons (Fsp3) is 0.500. The Bertz CT molecular complexity index is 624. The number of thiazole rings is 1. The zero-order chi connectivity index (χ0) is 15.9. The van der Waals surface area contributed by atoms with E-state index >= 15 is 0 Å².